The Kier molecular flexibility index (Phi) is 4.16. The molecule has 0 radical (unpaired) electrons. The topological polar surface area (TPSA) is 65.6 Å². The van der Waals surface area contributed by atoms with E-state index in [1.54, 1.807) is 15.6 Å². The summed E-state index contributed by atoms with van der Waals surface area (Å²) in [4.78, 5) is 17.2. The van der Waals surface area contributed by atoms with Crippen molar-refractivity contribution in [1.29, 1.82) is 0 Å². The smallest absolute Gasteiger partial charge is 0.283 e. The maximum Gasteiger partial charge on any atom is 0.283 e. The van der Waals surface area contributed by atoms with Crippen LogP contribution in [0, 0.1) is 13.8 Å². The van der Waals surface area contributed by atoms with Gasteiger partial charge in [0.2, 0.25) is 0 Å². The standard InChI is InChI=1S/C19H16BrN5O/c1-12-7-13(2)9-16(8-12)25-18-17(22-23-25)19(26)24(11-21-18)10-14-3-5-15(20)6-4-14/h3-9,11H,10H2,1-2H3. The summed E-state index contributed by atoms with van der Waals surface area (Å²) in [6, 6.07) is 13.9. The molecule has 0 atom stereocenters. The highest BCUT2D eigenvalue weighted by Crippen LogP contribution is 2.16. The van der Waals surface area contributed by atoms with Crippen molar-refractivity contribution in [3.05, 3.63) is 80.3 Å². The summed E-state index contributed by atoms with van der Waals surface area (Å²) in [6.07, 6.45) is 1.55. The molecule has 0 aliphatic heterocycles. The highest BCUT2D eigenvalue weighted by Gasteiger charge is 2.14. The molecular formula is C19H16BrN5O. The van der Waals surface area contributed by atoms with Crippen LogP contribution in [0.25, 0.3) is 16.9 Å². The second-order valence-electron chi connectivity index (χ2n) is 6.32. The van der Waals surface area contributed by atoms with Crippen molar-refractivity contribution < 1.29 is 0 Å². The lowest BCUT2D eigenvalue weighted by Gasteiger charge is -2.07. The molecule has 0 N–H and O–H groups in total. The average Bonchev–Trinajstić information content (AvgIpc) is 3.03. The zero-order valence-electron chi connectivity index (χ0n) is 14.3. The number of hydrogen-bond acceptors (Lipinski definition) is 4. The van der Waals surface area contributed by atoms with Gasteiger partial charge in [0.05, 0.1) is 12.2 Å². The third-order valence-electron chi connectivity index (χ3n) is 4.15. The Balaban J connectivity index is 1.78. The largest absolute Gasteiger partial charge is 0.293 e. The van der Waals surface area contributed by atoms with Gasteiger partial charge in [-0.25, -0.2) is 4.98 Å². The molecule has 2 aromatic carbocycles. The van der Waals surface area contributed by atoms with Gasteiger partial charge in [-0.2, -0.15) is 4.68 Å². The molecule has 4 rings (SSSR count). The van der Waals surface area contributed by atoms with Gasteiger partial charge in [0.1, 0.15) is 6.33 Å². The van der Waals surface area contributed by atoms with Gasteiger partial charge in [0, 0.05) is 4.47 Å². The first-order valence-corrected chi connectivity index (χ1v) is 8.94. The van der Waals surface area contributed by atoms with E-state index < -0.39 is 0 Å². The van der Waals surface area contributed by atoms with Crippen LogP contribution in [0.3, 0.4) is 0 Å². The molecule has 6 nitrogen and oxygen atoms in total. The first-order valence-electron chi connectivity index (χ1n) is 8.15. The van der Waals surface area contributed by atoms with Crippen LogP contribution in [0.1, 0.15) is 16.7 Å². The fourth-order valence-electron chi connectivity index (χ4n) is 2.99. The number of nitrogens with zero attached hydrogens (tertiary/aromatic N) is 5. The Morgan fingerprint density at radius 3 is 2.42 bits per heavy atom. The number of aryl methyl sites for hydroxylation is 2. The van der Waals surface area contributed by atoms with Gasteiger partial charge in [0.15, 0.2) is 11.2 Å². The number of aromatic nitrogens is 5. The molecule has 0 amide bonds. The first kappa shape index (κ1) is 16.7. The van der Waals surface area contributed by atoms with E-state index in [4.69, 9.17) is 0 Å². The summed E-state index contributed by atoms with van der Waals surface area (Å²) in [5.74, 6) is 0. The quantitative estimate of drug-likeness (QED) is 0.519. The molecule has 0 aliphatic rings. The minimum absolute atomic E-state index is 0.200. The number of fused-ring (bicyclic) bond motifs is 1. The molecule has 0 bridgehead atoms. The van der Waals surface area contributed by atoms with Gasteiger partial charge in [-0.05, 0) is 54.8 Å². The first-order chi connectivity index (χ1) is 12.5. The molecule has 26 heavy (non-hydrogen) atoms. The van der Waals surface area contributed by atoms with E-state index in [1.165, 1.54) is 0 Å². The SMILES string of the molecule is Cc1cc(C)cc(-n2nnc3c(=O)n(Cc4ccc(Br)cc4)cnc32)c1. The van der Waals surface area contributed by atoms with Gasteiger partial charge < -0.3 is 0 Å². The Morgan fingerprint density at radius 2 is 1.73 bits per heavy atom. The van der Waals surface area contributed by atoms with Gasteiger partial charge in [-0.1, -0.05) is 39.3 Å². The van der Waals surface area contributed by atoms with Gasteiger partial charge in [0.25, 0.3) is 5.56 Å². The number of rotatable bonds is 3. The van der Waals surface area contributed by atoms with Crippen LogP contribution in [-0.4, -0.2) is 24.5 Å². The third-order valence-corrected chi connectivity index (χ3v) is 4.68. The van der Waals surface area contributed by atoms with E-state index in [0.717, 1.165) is 26.9 Å². The lowest BCUT2D eigenvalue weighted by Crippen LogP contribution is -2.21. The molecule has 0 saturated heterocycles. The van der Waals surface area contributed by atoms with Crippen LogP contribution in [0.5, 0.6) is 0 Å². The van der Waals surface area contributed by atoms with Crippen molar-refractivity contribution in [2.45, 2.75) is 20.4 Å². The molecule has 0 unspecified atom stereocenters. The van der Waals surface area contributed by atoms with Crippen LogP contribution in [0.4, 0.5) is 0 Å². The Bertz CT molecular complexity index is 1140. The Labute approximate surface area is 158 Å². The average molecular weight is 410 g/mol. The molecule has 130 valence electrons. The monoisotopic (exact) mass is 409 g/mol. The van der Waals surface area contributed by atoms with Crippen LogP contribution < -0.4 is 5.56 Å². The molecule has 7 heteroatoms. The molecule has 2 heterocycles. The molecular weight excluding hydrogens is 394 g/mol. The van der Waals surface area contributed by atoms with Crippen molar-refractivity contribution >= 4 is 27.1 Å². The van der Waals surface area contributed by atoms with E-state index in [0.29, 0.717) is 12.2 Å². The second-order valence-corrected chi connectivity index (χ2v) is 7.24. The Morgan fingerprint density at radius 1 is 1.04 bits per heavy atom. The van der Waals surface area contributed by atoms with Crippen LogP contribution in [0.15, 0.2) is 58.1 Å². The zero-order valence-corrected chi connectivity index (χ0v) is 15.9. The van der Waals surface area contributed by atoms with E-state index in [9.17, 15) is 4.79 Å². The maximum absolute atomic E-state index is 12.8. The minimum Gasteiger partial charge on any atom is -0.293 e. The van der Waals surface area contributed by atoms with Crippen molar-refractivity contribution in [3.63, 3.8) is 0 Å². The maximum atomic E-state index is 12.8. The summed E-state index contributed by atoms with van der Waals surface area (Å²) in [5.41, 5.74) is 4.63. The predicted octanol–water partition coefficient (Wildman–Crippen LogP) is 3.40. The summed E-state index contributed by atoms with van der Waals surface area (Å²) in [6.45, 7) is 4.48. The fraction of sp³-hybridized carbons (Fsp3) is 0.158. The van der Waals surface area contributed by atoms with Crippen LogP contribution >= 0.6 is 15.9 Å². The Hall–Kier alpha value is -2.80. The molecule has 0 fully saturated rings. The van der Waals surface area contributed by atoms with Crippen molar-refractivity contribution in [1.82, 2.24) is 24.5 Å². The lowest BCUT2D eigenvalue weighted by atomic mass is 10.1. The van der Waals surface area contributed by atoms with Gasteiger partial charge >= 0.3 is 0 Å². The summed E-state index contributed by atoms with van der Waals surface area (Å²) >= 11 is 3.41. The van der Waals surface area contributed by atoms with E-state index in [2.05, 4.69) is 37.3 Å². The molecule has 4 aromatic rings. The third kappa shape index (κ3) is 3.06. The van der Waals surface area contributed by atoms with Crippen molar-refractivity contribution in [2.24, 2.45) is 0 Å². The normalized spacial score (nSPS) is 11.2. The molecule has 2 aromatic heterocycles. The lowest BCUT2D eigenvalue weighted by molar-refractivity contribution is 0.745. The van der Waals surface area contributed by atoms with Gasteiger partial charge in [-0.3, -0.25) is 9.36 Å². The summed E-state index contributed by atoms with van der Waals surface area (Å²) < 4.78 is 4.16. The second kappa shape index (κ2) is 6.49. The van der Waals surface area contributed by atoms with Crippen molar-refractivity contribution in [2.75, 3.05) is 0 Å². The van der Waals surface area contributed by atoms with E-state index >= 15 is 0 Å². The highest BCUT2D eigenvalue weighted by molar-refractivity contribution is 9.10. The van der Waals surface area contributed by atoms with Crippen LogP contribution in [-0.2, 0) is 6.54 Å². The molecule has 0 aliphatic carbocycles. The molecule has 0 saturated carbocycles. The number of halogens is 1. The van der Waals surface area contributed by atoms with Crippen LogP contribution in [0.2, 0.25) is 0 Å². The highest BCUT2D eigenvalue weighted by atomic mass is 79.9. The summed E-state index contributed by atoms with van der Waals surface area (Å²) in [5, 5.41) is 8.23. The minimum atomic E-state index is -0.200. The predicted molar refractivity (Wildman–Crippen MR) is 104 cm³/mol. The van der Waals surface area contributed by atoms with Gasteiger partial charge in [-0.15, -0.1) is 5.10 Å². The van der Waals surface area contributed by atoms with Crippen molar-refractivity contribution in [3.8, 4) is 5.69 Å². The number of hydrogen-bond donors (Lipinski definition) is 0. The molecule has 0 spiro atoms. The summed E-state index contributed by atoms with van der Waals surface area (Å²) in [7, 11) is 0. The zero-order chi connectivity index (χ0) is 18.3. The number of benzene rings is 2. The fourth-order valence-corrected chi connectivity index (χ4v) is 3.25. The van der Waals surface area contributed by atoms with E-state index in [-0.39, 0.29) is 11.1 Å². The van der Waals surface area contributed by atoms with E-state index in [1.807, 2.05) is 50.2 Å².